The highest BCUT2D eigenvalue weighted by molar-refractivity contribution is 4.72. The van der Waals surface area contributed by atoms with Crippen LogP contribution in [0.2, 0.25) is 0 Å². The van der Waals surface area contributed by atoms with Crippen molar-refractivity contribution in [2.24, 2.45) is 0 Å². The van der Waals surface area contributed by atoms with Crippen molar-refractivity contribution >= 4 is 0 Å². The molecule has 1 radical (unpaired) electrons. The van der Waals surface area contributed by atoms with Crippen LogP contribution < -0.4 is 5.32 Å². The zero-order valence-electron chi connectivity index (χ0n) is 6.85. The van der Waals surface area contributed by atoms with Gasteiger partial charge >= 0.3 is 0 Å². The van der Waals surface area contributed by atoms with Crippen LogP contribution >= 0.6 is 0 Å². The van der Waals surface area contributed by atoms with E-state index in [-0.39, 0.29) is 5.54 Å². The van der Waals surface area contributed by atoms with Crippen LogP contribution in [0.1, 0.15) is 20.8 Å². The van der Waals surface area contributed by atoms with E-state index in [0.717, 1.165) is 0 Å². The quantitative estimate of drug-likeness (QED) is 0.596. The number of rotatable bonds is 3. The van der Waals surface area contributed by atoms with E-state index in [1.54, 1.807) is 0 Å². The predicted molar refractivity (Wildman–Crippen MR) is 39.3 cm³/mol. The number of aliphatic hydroxyl groups is 1. The average molecular weight is 146 g/mol. The van der Waals surface area contributed by atoms with Gasteiger partial charge in [-0.1, -0.05) is 0 Å². The lowest BCUT2D eigenvalue weighted by Crippen LogP contribution is -2.41. The van der Waals surface area contributed by atoms with Crippen molar-refractivity contribution in [2.45, 2.75) is 32.4 Å². The molecule has 0 spiro atoms. The Hall–Kier alpha value is -0.120. The normalized spacial score (nSPS) is 15.3. The van der Waals surface area contributed by atoms with Crippen LogP contribution in [0.4, 0.5) is 0 Å². The zero-order chi connectivity index (χ0) is 8.20. The molecule has 0 aliphatic heterocycles. The second-order valence-corrected chi connectivity index (χ2v) is 3.45. The third kappa shape index (κ3) is 6.01. The van der Waals surface area contributed by atoms with E-state index >= 15 is 0 Å². The van der Waals surface area contributed by atoms with Gasteiger partial charge < -0.3 is 10.4 Å². The average Bonchev–Trinajstić information content (AvgIpc) is 1.81. The minimum Gasteiger partial charge on any atom is -0.389 e. The maximum atomic E-state index is 10.1. The summed E-state index contributed by atoms with van der Waals surface area (Å²) < 4.78 is 0. The smallest absolute Gasteiger partial charge is 0.109 e. The maximum absolute atomic E-state index is 10.1. The summed E-state index contributed by atoms with van der Waals surface area (Å²) >= 11 is 0. The van der Waals surface area contributed by atoms with Gasteiger partial charge in [0.25, 0.3) is 0 Å². The van der Waals surface area contributed by atoms with Crippen LogP contribution in [0.3, 0.4) is 0 Å². The molecule has 3 heteroatoms. The molecule has 0 aromatic rings. The van der Waals surface area contributed by atoms with Crippen LogP contribution in [0.25, 0.3) is 0 Å². The van der Waals surface area contributed by atoms with E-state index in [4.69, 9.17) is 5.11 Å². The van der Waals surface area contributed by atoms with Crippen LogP contribution in [-0.4, -0.2) is 29.9 Å². The third-order valence-corrected chi connectivity index (χ3v) is 1.06. The Morgan fingerprint density at radius 2 is 2.00 bits per heavy atom. The largest absolute Gasteiger partial charge is 0.389 e. The number of nitrogens with one attached hydrogen (secondary N) is 1. The number of hydrogen-bond acceptors (Lipinski definition) is 2. The topological polar surface area (TPSA) is 52.2 Å². The molecule has 0 bridgehead atoms. The molecular weight excluding hydrogens is 130 g/mol. The first-order chi connectivity index (χ1) is 4.45. The molecule has 0 fully saturated rings. The first-order valence-electron chi connectivity index (χ1n) is 3.47. The van der Waals surface area contributed by atoms with Crippen molar-refractivity contribution < 1.29 is 10.2 Å². The summed E-state index contributed by atoms with van der Waals surface area (Å²) in [7, 11) is 0. The highest BCUT2D eigenvalue weighted by Crippen LogP contribution is 1.97. The van der Waals surface area contributed by atoms with Gasteiger partial charge in [0.2, 0.25) is 0 Å². The van der Waals surface area contributed by atoms with Gasteiger partial charge in [0, 0.05) is 12.1 Å². The van der Waals surface area contributed by atoms with E-state index in [1.165, 1.54) is 0 Å². The molecule has 0 aromatic heterocycles. The number of β-amino-alcohol motifs (C(OH)–C–C–N with tert-alkyl or cyclic N) is 1. The molecule has 0 aliphatic carbocycles. The summed E-state index contributed by atoms with van der Waals surface area (Å²) in [6.07, 6.45) is -0.751. The third-order valence-electron chi connectivity index (χ3n) is 1.06. The van der Waals surface area contributed by atoms with E-state index < -0.39 is 12.7 Å². The minimum absolute atomic E-state index is 0.0177. The van der Waals surface area contributed by atoms with Gasteiger partial charge in [-0.15, -0.1) is 0 Å². The highest BCUT2D eigenvalue weighted by Gasteiger charge is 2.10. The standard InChI is InChI=1S/C7H16NO2/c1-7(2,3)8-4-6(10)5-9/h6,8,10H,4-5H2,1-3H3/t6-/m1/s1. The fourth-order valence-corrected chi connectivity index (χ4v) is 0.483. The van der Waals surface area contributed by atoms with Gasteiger partial charge in [-0.05, 0) is 20.8 Å². The first kappa shape index (κ1) is 9.88. The van der Waals surface area contributed by atoms with Crippen molar-refractivity contribution in [3.05, 3.63) is 0 Å². The maximum Gasteiger partial charge on any atom is 0.109 e. The van der Waals surface area contributed by atoms with Crippen molar-refractivity contribution in [3.8, 4) is 0 Å². The molecule has 2 N–H and O–H groups in total. The molecule has 0 saturated carbocycles. The molecular formula is C7H16NO2. The molecule has 0 aromatic carbocycles. The molecule has 10 heavy (non-hydrogen) atoms. The summed E-state index contributed by atoms with van der Waals surface area (Å²) in [5, 5.41) is 21.9. The Kier molecular flexibility index (Phi) is 3.86. The summed E-state index contributed by atoms with van der Waals surface area (Å²) in [5.74, 6) is 0. The van der Waals surface area contributed by atoms with Gasteiger partial charge in [0.1, 0.15) is 6.61 Å². The van der Waals surface area contributed by atoms with Gasteiger partial charge in [-0.2, -0.15) is 0 Å². The molecule has 0 aliphatic rings. The van der Waals surface area contributed by atoms with E-state index in [1.807, 2.05) is 20.8 Å². The van der Waals surface area contributed by atoms with E-state index in [0.29, 0.717) is 6.54 Å². The Morgan fingerprint density at radius 1 is 1.50 bits per heavy atom. The summed E-state index contributed by atoms with van der Waals surface area (Å²) in [6.45, 7) is 5.93. The van der Waals surface area contributed by atoms with Gasteiger partial charge in [-0.25, -0.2) is 5.11 Å². The second kappa shape index (κ2) is 3.91. The molecule has 3 nitrogen and oxygen atoms in total. The first-order valence-corrected chi connectivity index (χ1v) is 3.47. The molecule has 1 atom stereocenters. The van der Waals surface area contributed by atoms with Gasteiger partial charge in [0.15, 0.2) is 0 Å². The van der Waals surface area contributed by atoms with Gasteiger partial charge in [0.05, 0.1) is 6.10 Å². The van der Waals surface area contributed by atoms with Crippen molar-refractivity contribution in [2.75, 3.05) is 13.2 Å². The molecule has 0 heterocycles. The van der Waals surface area contributed by atoms with Gasteiger partial charge in [-0.3, -0.25) is 0 Å². The molecule has 0 saturated heterocycles. The van der Waals surface area contributed by atoms with Crippen LogP contribution in [0.5, 0.6) is 0 Å². The van der Waals surface area contributed by atoms with E-state index in [2.05, 4.69) is 5.32 Å². The number of hydrogen-bond donors (Lipinski definition) is 2. The number of aliphatic hydroxyl groups excluding tert-OH is 1. The Labute approximate surface area is 62.1 Å². The second-order valence-electron chi connectivity index (χ2n) is 3.45. The SMILES string of the molecule is CC(C)(C)NC[C@@H](O)C[O]. The van der Waals surface area contributed by atoms with E-state index in [9.17, 15) is 5.11 Å². The lowest BCUT2D eigenvalue weighted by Gasteiger charge is -2.21. The Morgan fingerprint density at radius 3 is 2.30 bits per heavy atom. The van der Waals surface area contributed by atoms with Crippen molar-refractivity contribution in [3.63, 3.8) is 0 Å². The van der Waals surface area contributed by atoms with Crippen LogP contribution in [-0.2, 0) is 5.11 Å². The van der Waals surface area contributed by atoms with Crippen molar-refractivity contribution in [1.82, 2.24) is 5.32 Å². The fraction of sp³-hybridized carbons (Fsp3) is 1.00. The lowest BCUT2D eigenvalue weighted by atomic mass is 10.1. The predicted octanol–water partition coefficient (Wildman–Crippen LogP) is 0.166. The summed E-state index contributed by atoms with van der Waals surface area (Å²) in [5.41, 5.74) is -0.0177. The monoisotopic (exact) mass is 146 g/mol. The lowest BCUT2D eigenvalue weighted by molar-refractivity contribution is 0.0516. The summed E-state index contributed by atoms with van der Waals surface area (Å²) in [6, 6.07) is 0. The summed E-state index contributed by atoms with van der Waals surface area (Å²) in [4.78, 5) is 0. The molecule has 0 unspecified atom stereocenters. The Bertz CT molecular complexity index is 88.1. The Balaban J connectivity index is 3.36. The molecule has 61 valence electrons. The zero-order valence-corrected chi connectivity index (χ0v) is 6.85. The molecule has 0 rings (SSSR count). The molecule has 0 amide bonds. The van der Waals surface area contributed by atoms with Crippen LogP contribution in [0, 0.1) is 0 Å². The minimum atomic E-state index is -0.751. The van der Waals surface area contributed by atoms with Crippen LogP contribution in [0.15, 0.2) is 0 Å². The van der Waals surface area contributed by atoms with Crippen molar-refractivity contribution in [1.29, 1.82) is 0 Å². The highest BCUT2D eigenvalue weighted by atomic mass is 16.3. The fourth-order valence-electron chi connectivity index (χ4n) is 0.483.